The lowest BCUT2D eigenvalue weighted by Crippen LogP contribution is -1.98. The van der Waals surface area contributed by atoms with E-state index in [1.165, 1.54) is 0 Å². The average molecular weight is 176 g/mol. The van der Waals surface area contributed by atoms with Gasteiger partial charge in [0.1, 0.15) is 0 Å². The minimum atomic E-state index is 0.175. The monoisotopic (exact) mass is 176 g/mol. The highest BCUT2D eigenvalue weighted by atomic mass is 16.5. The highest BCUT2D eigenvalue weighted by Gasteiger charge is 2.10. The minimum absolute atomic E-state index is 0.175. The molecule has 3 nitrogen and oxygen atoms in total. The summed E-state index contributed by atoms with van der Waals surface area (Å²) in [5.41, 5.74) is 0.992. The van der Waals surface area contributed by atoms with Crippen LogP contribution >= 0.6 is 0 Å². The van der Waals surface area contributed by atoms with Crippen LogP contribution in [0, 0.1) is 11.3 Å². The van der Waals surface area contributed by atoms with Crippen molar-refractivity contribution in [1.29, 1.82) is 5.26 Å². The number of methoxy groups -OCH3 is 1. The Morgan fingerprint density at radius 1 is 1.69 bits per heavy atom. The van der Waals surface area contributed by atoms with Crippen molar-refractivity contribution in [2.75, 3.05) is 7.11 Å². The van der Waals surface area contributed by atoms with Crippen LogP contribution in [0.5, 0.6) is 5.88 Å². The molecule has 1 heterocycles. The number of ether oxygens (including phenoxy) is 1. The average Bonchev–Trinajstić information content (AvgIpc) is 2.18. The maximum absolute atomic E-state index is 8.55. The quantitative estimate of drug-likeness (QED) is 0.708. The van der Waals surface area contributed by atoms with E-state index < -0.39 is 0 Å². The fourth-order valence-electron chi connectivity index (χ4n) is 1.20. The lowest BCUT2D eigenvalue weighted by Gasteiger charge is -2.10. The molecule has 0 aliphatic rings. The Labute approximate surface area is 78.0 Å². The predicted octanol–water partition coefficient (Wildman–Crippen LogP) is 2.11. The van der Waals surface area contributed by atoms with Crippen molar-refractivity contribution in [2.24, 2.45) is 0 Å². The van der Waals surface area contributed by atoms with Gasteiger partial charge in [-0.25, -0.2) is 4.98 Å². The molecule has 0 radical (unpaired) electrons. The summed E-state index contributed by atoms with van der Waals surface area (Å²) in [6, 6.07) is 5.93. The van der Waals surface area contributed by atoms with Crippen molar-refractivity contribution in [3.05, 3.63) is 23.9 Å². The molecule has 0 aliphatic carbocycles. The maximum atomic E-state index is 8.55. The molecule has 3 heteroatoms. The molecule has 0 aromatic carbocycles. The molecule has 1 aromatic rings. The third kappa shape index (κ3) is 2.19. The van der Waals surface area contributed by atoms with E-state index in [0.717, 1.165) is 5.56 Å². The largest absolute Gasteiger partial charge is 0.481 e. The molecular weight excluding hydrogens is 164 g/mol. The molecule has 0 aliphatic heterocycles. The summed E-state index contributed by atoms with van der Waals surface area (Å²) in [4.78, 5) is 4.07. The van der Waals surface area contributed by atoms with E-state index in [9.17, 15) is 0 Å². The number of rotatable bonds is 3. The van der Waals surface area contributed by atoms with Crippen LogP contribution < -0.4 is 4.74 Å². The van der Waals surface area contributed by atoms with Gasteiger partial charge >= 0.3 is 0 Å². The van der Waals surface area contributed by atoms with Gasteiger partial charge in [-0.3, -0.25) is 0 Å². The van der Waals surface area contributed by atoms with Crippen LogP contribution in [-0.4, -0.2) is 12.1 Å². The van der Waals surface area contributed by atoms with Crippen molar-refractivity contribution >= 4 is 0 Å². The van der Waals surface area contributed by atoms with Gasteiger partial charge in [-0.15, -0.1) is 0 Å². The van der Waals surface area contributed by atoms with Gasteiger partial charge in [-0.2, -0.15) is 5.26 Å². The fourth-order valence-corrected chi connectivity index (χ4v) is 1.20. The van der Waals surface area contributed by atoms with Gasteiger partial charge in [0.15, 0.2) is 0 Å². The number of nitriles is 1. The number of hydrogen-bond donors (Lipinski definition) is 0. The van der Waals surface area contributed by atoms with Crippen molar-refractivity contribution < 1.29 is 4.74 Å². The molecule has 0 spiro atoms. The molecule has 1 aromatic heterocycles. The van der Waals surface area contributed by atoms with Crippen LogP contribution in [0.15, 0.2) is 18.3 Å². The van der Waals surface area contributed by atoms with Crippen LogP contribution in [0.4, 0.5) is 0 Å². The molecular formula is C10H12N2O. The molecule has 13 heavy (non-hydrogen) atoms. The minimum Gasteiger partial charge on any atom is -0.481 e. The summed E-state index contributed by atoms with van der Waals surface area (Å²) in [5.74, 6) is 0.791. The topological polar surface area (TPSA) is 45.9 Å². The molecule has 1 unspecified atom stereocenters. The van der Waals surface area contributed by atoms with E-state index in [4.69, 9.17) is 10.00 Å². The summed E-state index contributed by atoms with van der Waals surface area (Å²) in [7, 11) is 1.59. The second-order valence-electron chi connectivity index (χ2n) is 2.87. The SMILES string of the molecule is COc1ncccc1C(C)CC#N. The zero-order valence-corrected chi connectivity index (χ0v) is 7.82. The van der Waals surface area contributed by atoms with Gasteiger partial charge in [0.05, 0.1) is 13.2 Å². The molecule has 0 amide bonds. The summed E-state index contributed by atoms with van der Waals surface area (Å²) in [5, 5.41) is 8.55. The van der Waals surface area contributed by atoms with Gasteiger partial charge in [-0.1, -0.05) is 13.0 Å². The summed E-state index contributed by atoms with van der Waals surface area (Å²) >= 11 is 0. The van der Waals surface area contributed by atoms with Gasteiger partial charge in [0, 0.05) is 18.2 Å². The van der Waals surface area contributed by atoms with Gasteiger partial charge in [0.2, 0.25) is 5.88 Å². The van der Waals surface area contributed by atoms with E-state index in [0.29, 0.717) is 12.3 Å². The Balaban J connectivity index is 2.93. The predicted molar refractivity (Wildman–Crippen MR) is 49.4 cm³/mol. The van der Waals surface area contributed by atoms with Crippen LogP contribution in [0.25, 0.3) is 0 Å². The summed E-state index contributed by atoms with van der Waals surface area (Å²) in [6.45, 7) is 1.99. The van der Waals surface area contributed by atoms with Crippen LogP contribution in [0.1, 0.15) is 24.8 Å². The van der Waals surface area contributed by atoms with Gasteiger partial charge in [-0.05, 0) is 12.0 Å². The van der Waals surface area contributed by atoms with E-state index >= 15 is 0 Å². The zero-order valence-electron chi connectivity index (χ0n) is 7.82. The molecule has 0 bridgehead atoms. The first kappa shape index (κ1) is 9.53. The van der Waals surface area contributed by atoms with Gasteiger partial charge < -0.3 is 4.74 Å². The number of nitrogens with zero attached hydrogens (tertiary/aromatic N) is 2. The van der Waals surface area contributed by atoms with Crippen molar-refractivity contribution in [3.8, 4) is 11.9 Å². The molecule has 1 atom stereocenters. The van der Waals surface area contributed by atoms with E-state index in [1.54, 1.807) is 13.3 Å². The van der Waals surface area contributed by atoms with Gasteiger partial charge in [0.25, 0.3) is 0 Å². The number of hydrogen-bond acceptors (Lipinski definition) is 3. The zero-order chi connectivity index (χ0) is 9.68. The van der Waals surface area contributed by atoms with E-state index in [2.05, 4.69) is 11.1 Å². The first-order chi connectivity index (χ1) is 6.29. The highest BCUT2D eigenvalue weighted by molar-refractivity contribution is 5.29. The third-order valence-electron chi connectivity index (χ3n) is 1.92. The molecule has 68 valence electrons. The summed E-state index contributed by atoms with van der Waals surface area (Å²) < 4.78 is 5.09. The van der Waals surface area contributed by atoms with Crippen LogP contribution in [0.3, 0.4) is 0 Å². The van der Waals surface area contributed by atoms with E-state index in [-0.39, 0.29) is 5.92 Å². The van der Waals surface area contributed by atoms with E-state index in [1.807, 2.05) is 19.1 Å². The molecule has 0 fully saturated rings. The number of aromatic nitrogens is 1. The standard InChI is InChI=1S/C10H12N2O/c1-8(5-6-11)9-4-3-7-12-10(9)13-2/h3-4,7-8H,5H2,1-2H3. The fraction of sp³-hybridized carbons (Fsp3) is 0.400. The first-order valence-electron chi connectivity index (χ1n) is 4.15. The van der Waals surface area contributed by atoms with Crippen LogP contribution in [0.2, 0.25) is 0 Å². The normalized spacial score (nSPS) is 11.8. The molecule has 0 saturated carbocycles. The molecule has 0 N–H and O–H groups in total. The Morgan fingerprint density at radius 3 is 3.08 bits per heavy atom. The lowest BCUT2D eigenvalue weighted by atomic mass is 10.00. The number of pyridine rings is 1. The Hall–Kier alpha value is -1.56. The van der Waals surface area contributed by atoms with Crippen LogP contribution in [-0.2, 0) is 0 Å². The Bertz CT molecular complexity index is 317. The highest BCUT2D eigenvalue weighted by Crippen LogP contribution is 2.25. The van der Waals surface area contributed by atoms with Crippen molar-refractivity contribution in [2.45, 2.75) is 19.3 Å². The summed E-state index contributed by atoms with van der Waals surface area (Å²) in [6.07, 6.45) is 2.17. The smallest absolute Gasteiger partial charge is 0.216 e. The molecule has 1 rings (SSSR count). The second kappa shape index (κ2) is 4.46. The Morgan fingerprint density at radius 2 is 2.46 bits per heavy atom. The Kier molecular flexibility index (Phi) is 3.27. The first-order valence-corrected chi connectivity index (χ1v) is 4.15. The molecule has 0 saturated heterocycles. The maximum Gasteiger partial charge on any atom is 0.216 e. The van der Waals surface area contributed by atoms with Crippen molar-refractivity contribution in [1.82, 2.24) is 4.98 Å². The lowest BCUT2D eigenvalue weighted by molar-refractivity contribution is 0.389. The second-order valence-corrected chi connectivity index (χ2v) is 2.87. The third-order valence-corrected chi connectivity index (χ3v) is 1.92. The van der Waals surface area contributed by atoms with Crippen molar-refractivity contribution in [3.63, 3.8) is 0 Å².